The van der Waals surface area contributed by atoms with Gasteiger partial charge >= 0.3 is 5.97 Å². The molecule has 23 heavy (non-hydrogen) atoms. The molecule has 6 nitrogen and oxygen atoms in total. The average Bonchev–Trinajstić information content (AvgIpc) is 3.22. The maximum atomic E-state index is 12.3. The van der Waals surface area contributed by atoms with Crippen molar-refractivity contribution in [2.75, 3.05) is 0 Å². The van der Waals surface area contributed by atoms with Crippen LogP contribution in [0.25, 0.3) is 0 Å². The van der Waals surface area contributed by atoms with Gasteiger partial charge in [0, 0.05) is 18.6 Å². The zero-order valence-electron chi connectivity index (χ0n) is 12.1. The summed E-state index contributed by atoms with van der Waals surface area (Å²) in [5, 5.41) is 14.3. The summed E-state index contributed by atoms with van der Waals surface area (Å²) < 4.78 is 5.40. The molecule has 1 amide bonds. The molecule has 0 bridgehead atoms. The van der Waals surface area contributed by atoms with E-state index in [1.165, 1.54) is 11.3 Å². The standard InChI is InChI=1S/C17H14N2O4/c20-16(8-9-17(21)22)19-14(15-7-4-10-23-15)11-13(18-19)12-5-2-1-3-6-12/h1-10,14H,11H2,(H,21,22). The topological polar surface area (TPSA) is 83.1 Å². The highest BCUT2D eigenvalue weighted by Gasteiger charge is 2.33. The minimum absolute atomic E-state index is 0.383. The van der Waals surface area contributed by atoms with Crippen molar-refractivity contribution >= 4 is 17.6 Å². The molecular formula is C17H14N2O4. The molecule has 1 atom stereocenters. The number of carbonyl (C=O) groups is 2. The van der Waals surface area contributed by atoms with Gasteiger partial charge in [-0.3, -0.25) is 4.79 Å². The lowest BCUT2D eigenvalue weighted by atomic mass is 10.0. The van der Waals surface area contributed by atoms with Crippen LogP contribution in [0, 0.1) is 0 Å². The molecule has 6 heteroatoms. The second-order valence-corrected chi connectivity index (χ2v) is 5.00. The first-order valence-corrected chi connectivity index (χ1v) is 7.05. The van der Waals surface area contributed by atoms with Gasteiger partial charge in [-0.25, -0.2) is 9.80 Å². The van der Waals surface area contributed by atoms with E-state index >= 15 is 0 Å². The van der Waals surface area contributed by atoms with E-state index in [0.29, 0.717) is 12.2 Å². The quantitative estimate of drug-likeness (QED) is 0.880. The van der Waals surface area contributed by atoms with Crippen molar-refractivity contribution in [3.63, 3.8) is 0 Å². The third-order valence-electron chi connectivity index (χ3n) is 3.48. The van der Waals surface area contributed by atoms with Crippen molar-refractivity contribution < 1.29 is 19.1 Å². The Morgan fingerprint density at radius 1 is 1.17 bits per heavy atom. The number of furan rings is 1. The van der Waals surface area contributed by atoms with Crippen LogP contribution >= 0.6 is 0 Å². The van der Waals surface area contributed by atoms with E-state index in [9.17, 15) is 9.59 Å². The zero-order valence-corrected chi connectivity index (χ0v) is 12.1. The molecule has 0 spiro atoms. The van der Waals surface area contributed by atoms with Gasteiger partial charge in [-0.15, -0.1) is 0 Å². The lowest BCUT2D eigenvalue weighted by Gasteiger charge is -2.17. The number of carboxylic acids is 1. The number of nitrogens with zero attached hydrogens (tertiary/aromatic N) is 2. The van der Waals surface area contributed by atoms with Crippen molar-refractivity contribution in [2.45, 2.75) is 12.5 Å². The first-order valence-electron chi connectivity index (χ1n) is 7.05. The largest absolute Gasteiger partial charge is 0.478 e. The summed E-state index contributed by atoms with van der Waals surface area (Å²) in [5.74, 6) is -1.07. The van der Waals surface area contributed by atoms with Crippen LogP contribution in [0.3, 0.4) is 0 Å². The van der Waals surface area contributed by atoms with E-state index in [0.717, 1.165) is 23.4 Å². The first kappa shape index (κ1) is 14.8. The van der Waals surface area contributed by atoms with Crippen LogP contribution in [0.5, 0.6) is 0 Å². The summed E-state index contributed by atoms with van der Waals surface area (Å²) in [7, 11) is 0. The fourth-order valence-electron chi connectivity index (χ4n) is 2.44. The molecule has 1 aromatic heterocycles. The van der Waals surface area contributed by atoms with Crippen molar-refractivity contribution in [3.05, 3.63) is 72.2 Å². The molecule has 1 aromatic carbocycles. The molecule has 0 saturated heterocycles. The summed E-state index contributed by atoms with van der Waals surface area (Å²) in [6.45, 7) is 0. The van der Waals surface area contributed by atoms with E-state index in [4.69, 9.17) is 9.52 Å². The number of aliphatic carboxylic acids is 1. The van der Waals surface area contributed by atoms with Crippen molar-refractivity contribution in [3.8, 4) is 0 Å². The maximum Gasteiger partial charge on any atom is 0.328 e. The van der Waals surface area contributed by atoms with Crippen molar-refractivity contribution in [2.24, 2.45) is 5.10 Å². The van der Waals surface area contributed by atoms with Gasteiger partial charge in [0.1, 0.15) is 11.8 Å². The predicted octanol–water partition coefficient (Wildman–Crippen LogP) is 2.60. The number of amides is 1. The smallest absolute Gasteiger partial charge is 0.328 e. The highest BCUT2D eigenvalue weighted by Crippen LogP contribution is 2.33. The normalized spacial score (nSPS) is 17.5. The highest BCUT2D eigenvalue weighted by atomic mass is 16.4. The van der Waals surface area contributed by atoms with Crippen molar-refractivity contribution in [1.82, 2.24) is 5.01 Å². The molecule has 1 unspecified atom stereocenters. The second kappa shape index (κ2) is 6.31. The molecule has 116 valence electrons. The number of carboxylic acid groups (broad SMARTS) is 1. The molecule has 0 saturated carbocycles. The Bertz CT molecular complexity index is 763. The number of rotatable bonds is 4. The van der Waals surface area contributed by atoms with E-state index in [1.54, 1.807) is 12.1 Å². The van der Waals surface area contributed by atoms with Gasteiger partial charge in [0.25, 0.3) is 5.91 Å². The minimum atomic E-state index is -1.18. The van der Waals surface area contributed by atoms with Gasteiger partial charge < -0.3 is 9.52 Å². The first-order chi connectivity index (χ1) is 11.1. The van der Waals surface area contributed by atoms with Crippen molar-refractivity contribution in [1.29, 1.82) is 0 Å². The summed E-state index contributed by atoms with van der Waals surface area (Å²) in [4.78, 5) is 22.9. The lowest BCUT2D eigenvalue weighted by molar-refractivity contribution is -0.132. The zero-order chi connectivity index (χ0) is 16.2. The number of carbonyl (C=O) groups excluding carboxylic acids is 1. The van der Waals surface area contributed by atoms with Gasteiger partial charge in [0.15, 0.2) is 0 Å². The molecular weight excluding hydrogens is 296 g/mol. The Labute approximate surface area is 132 Å². The Hall–Kier alpha value is -3.15. The highest BCUT2D eigenvalue weighted by molar-refractivity contribution is 6.04. The Morgan fingerprint density at radius 2 is 1.96 bits per heavy atom. The van der Waals surface area contributed by atoms with E-state index < -0.39 is 11.9 Å². The number of hydrazone groups is 1. The van der Waals surface area contributed by atoms with E-state index in [2.05, 4.69) is 5.10 Å². The minimum Gasteiger partial charge on any atom is -0.478 e. The van der Waals surface area contributed by atoms with Gasteiger partial charge in [0.05, 0.1) is 12.0 Å². The molecule has 1 aliphatic heterocycles. The number of benzene rings is 1. The molecule has 2 heterocycles. The summed E-state index contributed by atoms with van der Waals surface area (Å²) >= 11 is 0. The predicted molar refractivity (Wildman–Crippen MR) is 82.7 cm³/mol. The molecule has 0 radical (unpaired) electrons. The Morgan fingerprint density at radius 3 is 2.61 bits per heavy atom. The second-order valence-electron chi connectivity index (χ2n) is 5.00. The third-order valence-corrected chi connectivity index (χ3v) is 3.48. The lowest BCUT2D eigenvalue weighted by Crippen LogP contribution is -2.25. The number of hydrogen-bond donors (Lipinski definition) is 1. The van der Waals surface area contributed by atoms with Crippen LogP contribution in [-0.2, 0) is 9.59 Å². The fraction of sp³-hybridized carbons (Fsp3) is 0.118. The van der Waals surface area contributed by atoms with Gasteiger partial charge in [-0.1, -0.05) is 30.3 Å². The Balaban J connectivity index is 1.92. The van der Waals surface area contributed by atoms with E-state index in [-0.39, 0.29) is 6.04 Å². The van der Waals surface area contributed by atoms with Crippen LogP contribution in [0.2, 0.25) is 0 Å². The maximum absolute atomic E-state index is 12.3. The monoisotopic (exact) mass is 310 g/mol. The van der Waals surface area contributed by atoms with Gasteiger partial charge in [-0.05, 0) is 17.7 Å². The molecule has 0 fully saturated rings. The molecule has 1 aliphatic rings. The van der Waals surface area contributed by atoms with Crippen LogP contribution in [0.1, 0.15) is 23.8 Å². The van der Waals surface area contributed by atoms with E-state index in [1.807, 2.05) is 30.3 Å². The SMILES string of the molecule is O=C(O)C=CC(=O)N1N=C(c2ccccc2)CC1c1ccco1. The number of hydrogen-bond acceptors (Lipinski definition) is 4. The van der Waals surface area contributed by atoms with Crippen LogP contribution < -0.4 is 0 Å². The third kappa shape index (κ3) is 3.21. The molecule has 3 rings (SSSR count). The summed E-state index contributed by atoms with van der Waals surface area (Å²) in [6, 6.07) is 12.7. The van der Waals surface area contributed by atoms with Gasteiger partial charge in [-0.2, -0.15) is 5.10 Å². The summed E-state index contributed by atoms with van der Waals surface area (Å²) in [6.07, 6.45) is 3.84. The van der Waals surface area contributed by atoms with Crippen LogP contribution in [0.4, 0.5) is 0 Å². The fourth-order valence-corrected chi connectivity index (χ4v) is 2.44. The average molecular weight is 310 g/mol. The molecule has 1 N–H and O–H groups in total. The van der Waals surface area contributed by atoms with Crippen LogP contribution in [-0.4, -0.2) is 27.7 Å². The van der Waals surface area contributed by atoms with Crippen LogP contribution in [0.15, 0.2) is 70.4 Å². The van der Waals surface area contributed by atoms with Gasteiger partial charge in [0.2, 0.25) is 0 Å². The summed E-state index contributed by atoms with van der Waals surface area (Å²) in [5.41, 5.74) is 1.67. The molecule has 2 aromatic rings. The molecule has 0 aliphatic carbocycles. The Kier molecular flexibility index (Phi) is 4.05.